The van der Waals surface area contributed by atoms with Crippen LogP contribution in [0.15, 0.2) is 28.2 Å². The highest BCUT2D eigenvalue weighted by Gasteiger charge is 2.12. The third-order valence-electron chi connectivity index (χ3n) is 2.94. The van der Waals surface area contributed by atoms with Gasteiger partial charge >= 0.3 is 5.69 Å². The average molecular weight is 342 g/mol. The van der Waals surface area contributed by atoms with Crippen LogP contribution in [0.4, 0.5) is 14.5 Å². The summed E-state index contributed by atoms with van der Waals surface area (Å²) in [6.45, 7) is 2.52. The van der Waals surface area contributed by atoms with Gasteiger partial charge in [0.15, 0.2) is 5.16 Å². The molecule has 2 N–H and O–H groups in total. The fourth-order valence-corrected chi connectivity index (χ4v) is 2.65. The number of aromatic nitrogens is 3. The lowest BCUT2D eigenvalue weighted by Crippen LogP contribution is -2.19. The molecule has 1 heterocycles. The van der Waals surface area contributed by atoms with Crippen LogP contribution in [-0.2, 0) is 11.3 Å². The summed E-state index contributed by atoms with van der Waals surface area (Å²) in [6, 6.07) is 2.77. The number of hydrogen-bond donors (Lipinski definition) is 2. The summed E-state index contributed by atoms with van der Waals surface area (Å²) in [5.74, 6) is -2.02. The number of carbonyl (C=O) groups is 1. The molecule has 0 bridgehead atoms. The van der Waals surface area contributed by atoms with Crippen molar-refractivity contribution in [2.75, 3.05) is 11.1 Å². The van der Waals surface area contributed by atoms with Gasteiger partial charge in [-0.25, -0.2) is 18.7 Å². The number of nitrogens with zero attached hydrogens (tertiary/aromatic N) is 2. The number of nitrogens with one attached hydrogen (secondary N) is 2. The van der Waals surface area contributed by atoms with Gasteiger partial charge in [-0.2, -0.15) is 0 Å². The van der Waals surface area contributed by atoms with Crippen molar-refractivity contribution in [3.05, 3.63) is 40.3 Å². The lowest BCUT2D eigenvalue weighted by Gasteiger charge is -2.06. The van der Waals surface area contributed by atoms with Crippen molar-refractivity contribution in [1.29, 1.82) is 0 Å². The van der Waals surface area contributed by atoms with Crippen LogP contribution in [0.3, 0.4) is 0 Å². The van der Waals surface area contributed by atoms with Crippen LogP contribution in [0.2, 0.25) is 0 Å². The first-order chi connectivity index (χ1) is 11.0. The molecule has 1 amide bonds. The van der Waals surface area contributed by atoms with E-state index in [1.54, 1.807) is 0 Å². The zero-order valence-corrected chi connectivity index (χ0v) is 13.3. The molecule has 2 rings (SSSR count). The van der Waals surface area contributed by atoms with Gasteiger partial charge in [0.1, 0.15) is 11.6 Å². The number of benzene rings is 1. The maximum absolute atomic E-state index is 13.1. The Morgan fingerprint density at radius 3 is 2.70 bits per heavy atom. The van der Waals surface area contributed by atoms with Gasteiger partial charge in [-0.1, -0.05) is 25.1 Å². The first-order valence-electron chi connectivity index (χ1n) is 7.03. The van der Waals surface area contributed by atoms with Crippen molar-refractivity contribution < 1.29 is 13.6 Å². The van der Waals surface area contributed by atoms with Crippen molar-refractivity contribution in [2.45, 2.75) is 31.5 Å². The molecule has 6 nitrogen and oxygen atoms in total. The van der Waals surface area contributed by atoms with Gasteiger partial charge in [0.05, 0.1) is 5.75 Å². The maximum Gasteiger partial charge on any atom is 0.343 e. The molecule has 0 aliphatic rings. The largest absolute Gasteiger partial charge is 0.343 e. The van der Waals surface area contributed by atoms with Gasteiger partial charge in [0.2, 0.25) is 5.91 Å². The third kappa shape index (κ3) is 4.92. The minimum Gasteiger partial charge on any atom is -0.325 e. The minimum absolute atomic E-state index is 0.0332. The normalized spacial score (nSPS) is 10.7. The molecule has 124 valence electrons. The molecular weight excluding hydrogens is 326 g/mol. The van der Waals surface area contributed by atoms with Gasteiger partial charge < -0.3 is 5.32 Å². The topological polar surface area (TPSA) is 79.8 Å². The fraction of sp³-hybridized carbons (Fsp3) is 0.357. The van der Waals surface area contributed by atoms with Crippen LogP contribution in [0, 0.1) is 11.6 Å². The van der Waals surface area contributed by atoms with Gasteiger partial charge in [0.25, 0.3) is 0 Å². The van der Waals surface area contributed by atoms with E-state index >= 15 is 0 Å². The molecule has 2 aromatic rings. The number of hydrogen-bond acceptors (Lipinski definition) is 4. The predicted molar refractivity (Wildman–Crippen MR) is 83.5 cm³/mol. The molecule has 0 saturated carbocycles. The molecular formula is C14H16F2N4O2S. The van der Waals surface area contributed by atoms with E-state index in [1.165, 1.54) is 4.57 Å². The standard InChI is InChI=1S/C14H16F2N4O2S/c1-2-3-4-20-13(22)18-19-14(20)23-8-12(21)17-11-6-9(15)5-10(16)7-11/h5-7H,2-4,8H2,1H3,(H,17,21)(H,18,22). The zero-order valence-electron chi connectivity index (χ0n) is 12.4. The van der Waals surface area contributed by atoms with Crippen molar-refractivity contribution in [3.8, 4) is 0 Å². The highest BCUT2D eigenvalue weighted by molar-refractivity contribution is 7.99. The van der Waals surface area contributed by atoms with Crippen molar-refractivity contribution in [3.63, 3.8) is 0 Å². The van der Waals surface area contributed by atoms with Gasteiger partial charge in [0, 0.05) is 18.3 Å². The van der Waals surface area contributed by atoms with E-state index in [4.69, 9.17) is 0 Å². The van der Waals surface area contributed by atoms with E-state index in [1.807, 2.05) is 6.92 Å². The molecule has 1 aromatic carbocycles. The fourth-order valence-electron chi connectivity index (χ4n) is 1.88. The summed E-state index contributed by atoms with van der Waals surface area (Å²) in [4.78, 5) is 23.4. The second-order valence-corrected chi connectivity index (χ2v) is 5.75. The SMILES string of the molecule is CCCCn1c(SCC(=O)Nc2cc(F)cc(F)c2)n[nH]c1=O. The van der Waals surface area contributed by atoms with Crippen LogP contribution < -0.4 is 11.0 Å². The van der Waals surface area contributed by atoms with Gasteiger partial charge in [-0.15, -0.1) is 5.10 Å². The molecule has 23 heavy (non-hydrogen) atoms. The van der Waals surface area contributed by atoms with Crippen LogP contribution in [0.25, 0.3) is 0 Å². The summed E-state index contributed by atoms with van der Waals surface area (Å²) in [5.41, 5.74) is -0.285. The number of carbonyl (C=O) groups excluding carboxylic acids is 1. The van der Waals surface area contributed by atoms with Crippen LogP contribution >= 0.6 is 11.8 Å². The lowest BCUT2D eigenvalue weighted by molar-refractivity contribution is -0.113. The van der Waals surface area contributed by atoms with Crippen molar-refractivity contribution >= 4 is 23.4 Å². The summed E-state index contributed by atoms with van der Waals surface area (Å²) >= 11 is 1.08. The molecule has 0 saturated heterocycles. The Labute approximate surface area is 135 Å². The summed E-state index contributed by atoms with van der Waals surface area (Å²) in [5, 5.41) is 9.01. The molecule has 0 aliphatic heterocycles. The zero-order chi connectivity index (χ0) is 16.8. The van der Waals surface area contributed by atoms with Crippen molar-refractivity contribution in [1.82, 2.24) is 14.8 Å². The number of H-pyrrole nitrogens is 1. The molecule has 0 unspecified atom stereocenters. The Hall–Kier alpha value is -2.16. The van der Waals surface area contributed by atoms with Crippen molar-refractivity contribution in [2.24, 2.45) is 0 Å². The second-order valence-electron chi connectivity index (χ2n) is 4.81. The molecule has 0 atom stereocenters. The van der Waals surface area contributed by atoms with E-state index in [2.05, 4.69) is 15.5 Å². The number of rotatable bonds is 7. The third-order valence-corrected chi connectivity index (χ3v) is 3.91. The number of aromatic amines is 1. The molecule has 1 aromatic heterocycles. The molecule has 0 spiro atoms. The second kappa shape index (κ2) is 7.91. The van der Waals surface area contributed by atoms with E-state index in [-0.39, 0.29) is 17.1 Å². The monoisotopic (exact) mass is 342 g/mol. The Kier molecular flexibility index (Phi) is 5.91. The molecule has 9 heteroatoms. The quantitative estimate of drug-likeness (QED) is 0.757. The number of thioether (sulfide) groups is 1. The van der Waals surface area contributed by atoms with Gasteiger partial charge in [-0.3, -0.25) is 9.36 Å². The molecule has 0 fully saturated rings. The van der Waals surface area contributed by atoms with Crippen LogP contribution in [0.5, 0.6) is 0 Å². The first-order valence-corrected chi connectivity index (χ1v) is 8.02. The number of amides is 1. The lowest BCUT2D eigenvalue weighted by atomic mass is 10.3. The summed E-state index contributed by atoms with van der Waals surface area (Å²) in [6.07, 6.45) is 1.75. The summed E-state index contributed by atoms with van der Waals surface area (Å²) in [7, 11) is 0. The Bertz CT molecular complexity index is 724. The number of halogens is 2. The highest BCUT2D eigenvalue weighted by atomic mass is 32.2. The van der Waals surface area contributed by atoms with E-state index < -0.39 is 17.5 Å². The smallest absolute Gasteiger partial charge is 0.325 e. The number of anilines is 1. The van der Waals surface area contributed by atoms with E-state index in [0.29, 0.717) is 11.7 Å². The maximum atomic E-state index is 13.1. The minimum atomic E-state index is -0.770. The highest BCUT2D eigenvalue weighted by Crippen LogP contribution is 2.16. The molecule has 0 radical (unpaired) electrons. The van der Waals surface area contributed by atoms with Crippen LogP contribution in [0.1, 0.15) is 19.8 Å². The average Bonchev–Trinajstić information content (AvgIpc) is 2.82. The van der Waals surface area contributed by atoms with E-state index in [9.17, 15) is 18.4 Å². The number of unbranched alkanes of at least 4 members (excludes halogenated alkanes) is 1. The first kappa shape index (κ1) is 17.2. The Balaban J connectivity index is 1.95. The van der Waals surface area contributed by atoms with E-state index in [0.717, 1.165) is 42.8 Å². The van der Waals surface area contributed by atoms with Gasteiger partial charge in [-0.05, 0) is 18.6 Å². The Morgan fingerprint density at radius 2 is 2.04 bits per heavy atom. The predicted octanol–water partition coefficient (Wildman–Crippen LogP) is 2.38. The summed E-state index contributed by atoms with van der Waals surface area (Å²) < 4.78 is 27.6. The molecule has 0 aliphatic carbocycles. The van der Waals surface area contributed by atoms with Crippen LogP contribution in [-0.4, -0.2) is 26.4 Å². The Morgan fingerprint density at radius 1 is 1.35 bits per heavy atom.